The molecule has 0 saturated heterocycles. The summed E-state index contributed by atoms with van der Waals surface area (Å²) in [7, 11) is 3.70. The Labute approximate surface area is 102 Å². The maximum absolute atomic E-state index is 4.43. The molecule has 84 valence electrons. The fourth-order valence-corrected chi connectivity index (χ4v) is 1.81. The summed E-state index contributed by atoms with van der Waals surface area (Å²) in [5, 5.41) is 7.14. The lowest BCUT2D eigenvalue weighted by Gasteiger charge is -2.08. The zero-order valence-electron chi connectivity index (χ0n) is 9.32. The molecule has 16 heavy (non-hydrogen) atoms. The largest absolute Gasteiger partial charge is 0.372 e. The van der Waals surface area contributed by atoms with Gasteiger partial charge in [0.15, 0.2) is 5.82 Å². The standard InChI is InChI=1S/C10H12BrN5/c1-6-8(11)10(12-2)15-9(14-6)7-4-5-13-16(7)3/h4-5H,1-3H3,(H,12,14,15). The lowest BCUT2D eigenvalue weighted by atomic mass is 10.3. The Morgan fingerprint density at radius 2 is 2.12 bits per heavy atom. The fraction of sp³-hybridized carbons (Fsp3) is 0.300. The van der Waals surface area contributed by atoms with Crippen LogP contribution in [-0.4, -0.2) is 26.8 Å². The molecule has 0 aliphatic rings. The second-order valence-electron chi connectivity index (χ2n) is 3.39. The third kappa shape index (κ3) is 1.80. The van der Waals surface area contributed by atoms with Gasteiger partial charge in [-0.3, -0.25) is 4.68 Å². The van der Waals surface area contributed by atoms with E-state index >= 15 is 0 Å². The number of nitrogens with one attached hydrogen (secondary N) is 1. The van der Waals surface area contributed by atoms with E-state index in [0.717, 1.165) is 21.7 Å². The maximum Gasteiger partial charge on any atom is 0.180 e. The Balaban J connectivity index is 2.59. The highest BCUT2D eigenvalue weighted by Gasteiger charge is 2.11. The van der Waals surface area contributed by atoms with E-state index in [-0.39, 0.29) is 0 Å². The average Bonchev–Trinajstić information content (AvgIpc) is 2.68. The number of aryl methyl sites for hydroxylation is 2. The van der Waals surface area contributed by atoms with Crippen LogP contribution in [0.1, 0.15) is 5.69 Å². The van der Waals surface area contributed by atoms with Crippen LogP contribution >= 0.6 is 15.9 Å². The van der Waals surface area contributed by atoms with Crippen molar-refractivity contribution in [2.45, 2.75) is 6.92 Å². The molecule has 0 bridgehead atoms. The number of aromatic nitrogens is 4. The lowest BCUT2D eigenvalue weighted by molar-refractivity contribution is 0.769. The minimum Gasteiger partial charge on any atom is -0.372 e. The van der Waals surface area contributed by atoms with E-state index in [0.29, 0.717) is 5.82 Å². The van der Waals surface area contributed by atoms with Crippen LogP contribution < -0.4 is 5.32 Å². The second kappa shape index (κ2) is 4.21. The van der Waals surface area contributed by atoms with Crippen LogP contribution in [0.15, 0.2) is 16.7 Å². The molecular weight excluding hydrogens is 270 g/mol. The van der Waals surface area contributed by atoms with Crippen LogP contribution in [0.4, 0.5) is 5.82 Å². The Bertz CT molecular complexity index is 520. The van der Waals surface area contributed by atoms with Crippen molar-refractivity contribution in [1.82, 2.24) is 19.7 Å². The first-order valence-corrected chi connectivity index (χ1v) is 5.63. The fourth-order valence-electron chi connectivity index (χ4n) is 1.43. The first-order chi connectivity index (χ1) is 7.63. The van der Waals surface area contributed by atoms with Gasteiger partial charge in [0.25, 0.3) is 0 Å². The first kappa shape index (κ1) is 11.1. The van der Waals surface area contributed by atoms with Crippen molar-refractivity contribution >= 4 is 21.7 Å². The van der Waals surface area contributed by atoms with Crippen molar-refractivity contribution in [3.8, 4) is 11.5 Å². The molecule has 0 aliphatic heterocycles. The summed E-state index contributed by atoms with van der Waals surface area (Å²) in [4.78, 5) is 8.85. The van der Waals surface area contributed by atoms with Gasteiger partial charge in [0, 0.05) is 20.3 Å². The number of rotatable bonds is 2. The van der Waals surface area contributed by atoms with E-state index in [1.54, 1.807) is 10.9 Å². The van der Waals surface area contributed by atoms with Gasteiger partial charge < -0.3 is 5.32 Å². The number of hydrogen-bond acceptors (Lipinski definition) is 4. The van der Waals surface area contributed by atoms with Gasteiger partial charge >= 0.3 is 0 Å². The number of nitrogens with zero attached hydrogens (tertiary/aromatic N) is 4. The number of hydrogen-bond donors (Lipinski definition) is 1. The molecule has 2 heterocycles. The normalized spacial score (nSPS) is 10.5. The van der Waals surface area contributed by atoms with Gasteiger partial charge in [-0.05, 0) is 28.9 Å². The molecule has 2 aromatic heterocycles. The van der Waals surface area contributed by atoms with Crippen LogP contribution in [0.3, 0.4) is 0 Å². The van der Waals surface area contributed by atoms with Gasteiger partial charge in [0.05, 0.1) is 10.2 Å². The third-order valence-corrected chi connectivity index (χ3v) is 3.25. The van der Waals surface area contributed by atoms with Gasteiger partial charge in [-0.2, -0.15) is 5.10 Å². The zero-order chi connectivity index (χ0) is 11.7. The molecule has 0 fully saturated rings. The molecule has 1 N–H and O–H groups in total. The topological polar surface area (TPSA) is 55.6 Å². The first-order valence-electron chi connectivity index (χ1n) is 4.83. The smallest absolute Gasteiger partial charge is 0.180 e. The molecule has 0 aliphatic carbocycles. The predicted octanol–water partition coefficient (Wildman–Crippen LogP) is 1.99. The highest BCUT2D eigenvalue weighted by molar-refractivity contribution is 9.10. The second-order valence-corrected chi connectivity index (χ2v) is 4.18. The van der Waals surface area contributed by atoms with Gasteiger partial charge in [0.1, 0.15) is 11.5 Å². The Hall–Kier alpha value is -1.43. The Kier molecular flexibility index (Phi) is 2.91. The van der Waals surface area contributed by atoms with E-state index in [1.165, 1.54) is 0 Å². The van der Waals surface area contributed by atoms with Gasteiger partial charge in [-0.15, -0.1) is 0 Å². The summed E-state index contributed by atoms with van der Waals surface area (Å²) in [6, 6.07) is 1.89. The monoisotopic (exact) mass is 281 g/mol. The third-order valence-electron chi connectivity index (χ3n) is 2.30. The van der Waals surface area contributed by atoms with Crippen molar-refractivity contribution in [1.29, 1.82) is 0 Å². The minimum atomic E-state index is 0.671. The van der Waals surface area contributed by atoms with E-state index in [2.05, 4.69) is 36.3 Å². The summed E-state index contributed by atoms with van der Waals surface area (Å²) in [5.41, 5.74) is 1.79. The van der Waals surface area contributed by atoms with Crippen LogP contribution in [0, 0.1) is 6.92 Å². The lowest BCUT2D eigenvalue weighted by Crippen LogP contribution is -2.03. The molecule has 5 nitrogen and oxygen atoms in total. The zero-order valence-corrected chi connectivity index (χ0v) is 10.9. The van der Waals surface area contributed by atoms with E-state index in [9.17, 15) is 0 Å². The molecule has 0 saturated carbocycles. The molecular formula is C10H12BrN5. The summed E-state index contributed by atoms with van der Waals surface area (Å²) in [5.74, 6) is 1.45. The highest BCUT2D eigenvalue weighted by Crippen LogP contribution is 2.25. The average molecular weight is 282 g/mol. The molecule has 0 aromatic carbocycles. The SMILES string of the molecule is CNc1nc(-c2ccnn2C)nc(C)c1Br. The van der Waals surface area contributed by atoms with E-state index in [1.807, 2.05) is 27.1 Å². The van der Waals surface area contributed by atoms with Crippen LogP contribution in [-0.2, 0) is 7.05 Å². The molecule has 0 amide bonds. The molecule has 0 radical (unpaired) electrons. The molecule has 0 unspecified atom stereocenters. The van der Waals surface area contributed by atoms with Crippen LogP contribution in [0.2, 0.25) is 0 Å². The Morgan fingerprint density at radius 1 is 1.38 bits per heavy atom. The quantitative estimate of drug-likeness (QED) is 0.915. The summed E-state index contributed by atoms with van der Waals surface area (Å²) < 4.78 is 2.64. The van der Waals surface area contributed by atoms with Gasteiger partial charge in [-0.25, -0.2) is 9.97 Å². The van der Waals surface area contributed by atoms with Gasteiger partial charge in [0.2, 0.25) is 0 Å². The van der Waals surface area contributed by atoms with Crippen molar-refractivity contribution in [2.24, 2.45) is 7.05 Å². The number of halogens is 1. The van der Waals surface area contributed by atoms with Crippen molar-refractivity contribution in [3.63, 3.8) is 0 Å². The summed E-state index contributed by atoms with van der Waals surface area (Å²) >= 11 is 3.45. The molecule has 2 aromatic rings. The van der Waals surface area contributed by atoms with Crippen molar-refractivity contribution < 1.29 is 0 Å². The van der Waals surface area contributed by atoms with Crippen LogP contribution in [0.25, 0.3) is 11.5 Å². The van der Waals surface area contributed by atoms with Crippen molar-refractivity contribution in [3.05, 3.63) is 22.4 Å². The predicted molar refractivity (Wildman–Crippen MR) is 66.2 cm³/mol. The van der Waals surface area contributed by atoms with Crippen LogP contribution in [0.5, 0.6) is 0 Å². The maximum atomic E-state index is 4.43. The van der Waals surface area contributed by atoms with E-state index < -0.39 is 0 Å². The highest BCUT2D eigenvalue weighted by atomic mass is 79.9. The number of anilines is 1. The summed E-state index contributed by atoms with van der Waals surface area (Å²) in [6.45, 7) is 1.94. The summed E-state index contributed by atoms with van der Waals surface area (Å²) in [6.07, 6.45) is 1.73. The Morgan fingerprint density at radius 3 is 2.69 bits per heavy atom. The van der Waals surface area contributed by atoms with Crippen molar-refractivity contribution in [2.75, 3.05) is 12.4 Å². The van der Waals surface area contributed by atoms with Gasteiger partial charge in [-0.1, -0.05) is 0 Å². The van der Waals surface area contributed by atoms with E-state index in [4.69, 9.17) is 0 Å². The molecule has 0 atom stereocenters. The molecule has 6 heteroatoms. The molecule has 2 rings (SSSR count). The minimum absolute atomic E-state index is 0.671. The molecule has 0 spiro atoms.